The summed E-state index contributed by atoms with van der Waals surface area (Å²) in [4.78, 5) is 4.45. The lowest BCUT2D eigenvalue weighted by atomic mass is 9.71. The van der Waals surface area contributed by atoms with Crippen LogP contribution in [0.25, 0.3) is 10.9 Å². The standard InChI is InChI=1S/C15H18N2O/c1-2-18-13-7-6-12(15(16)8-4-9-15)11-5-3-10-17-14(11)13/h3,5-7,10H,2,4,8-9,16H2,1H3. The lowest BCUT2D eigenvalue weighted by Gasteiger charge is -2.39. The first kappa shape index (κ1) is 11.5. The highest BCUT2D eigenvalue weighted by atomic mass is 16.5. The van der Waals surface area contributed by atoms with Crippen LogP contribution in [0.1, 0.15) is 31.7 Å². The molecule has 1 saturated carbocycles. The van der Waals surface area contributed by atoms with E-state index in [1.54, 1.807) is 6.20 Å². The molecule has 0 aliphatic heterocycles. The van der Waals surface area contributed by atoms with Crippen LogP contribution in [-0.4, -0.2) is 11.6 Å². The van der Waals surface area contributed by atoms with Crippen molar-refractivity contribution in [2.75, 3.05) is 6.61 Å². The molecule has 0 saturated heterocycles. The van der Waals surface area contributed by atoms with Crippen molar-refractivity contribution in [1.82, 2.24) is 4.98 Å². The molecule has 1 aliphatic rings. The van der Waals surface area contributed by atoms with Gasteiger partial charge in [0.05, 0.1) is 6.61 Å². The Morgan fingerprint density at radius 2 is 2.17 bits per heavy atom. The molecule has 1 heterocycles. The number of benzene rings is 1. The van der Waals surface area contributed by atoms with Gasteiger partial charge in [0, 0.05) is 17.1 Å². The van der Waals surface area contributed by atoms with E-state index in [0.29, 0.717) is 6.61 Å². The fourth-order valence-corrected chi connectivity index (χ4v) is 2.68. The molecule has 18 heavy (non-hydrogen) atoms. The first-order chi connectivity index (χ1) is 8.74. The molecule has 94 valence electrons. The van der Waals surface area contributed by atoms with Crippen molar-refractivity contribution in [2.45, 2.75) is 31.7 Å². The molecule has 0 amide bonds. The molecule has 1 aromatic carbocycles. The highest BCUT2D eigenvalue weighted by Gasteiger charge is 2.35. The van der Waals surface area contributed by atoms with E-state index < -0.39 is 0 Å². The minimum Gasteiger partial charge on any atom is -0.492 e. The Hall–Kier alpha value is -1.61. The molecule has 1 fully saturated rings. The smallest absolute Gasteiger partial charge is 0.145 e. The van der Waals surface area contributed by atoms with Crippen LogP contribution in [0.4, 0.5) is 0 Å². The Morgan fingerprint density at radius 3 is 2.83 bits per heavy atom. The van der Waals surface area contributed by atoms with Crippen molar-refractivity contribution in [3.8, 4) is 5.75 Å². The fraction of sp³-hybridized carbons (Fsp3) is 0.400. The van der Waals surface area contributed by atoms with Gasteiger partial charge >= 0.3 is 0 Å². The molecule has 3 heteroatoms. The molecule has 0 unspecified atom stereocenters. The molecule has 2 aromatic rings. The minimum atomic E-state index is -0.161. The van der Waals surface area contributed by atoms with Gasteiger partial charge in [0.25, 0.3) is 0 Å². The van der Waals surface area contributed by atoms with E-state index >= 15 is 0 Å². The van der Waals surface area contributed by atoms with Crippen LogP contribution >= 0.6 is 0 Å². The maximum atomic E-state index is 6.45. The van der Waals surface area contributed by atoms with Crippen LogP contribution in [-0.2, 0) is 5.54 Å². The topological polar surface area (TPSA) is 48.1 Å². The quantitative estimate of drug-likeness (QED) is 0.900. The second-order valence-corrected chi connectivity index (χ2v) is 4.95. The average Bonchev–Trinajstić information content (AvgIpc) is 2.37. The van der Waals surface area contributed by atoms with Crippen molar-refractivity contribution in [1.29, 1.82) is 0 Å². The summed E-state index contributed by atoms with van der Waals surface area (Å²) in [5.74, 6) is 0.847. The van der Waals surface area contributed by atoms with Crippen LogP contribution < -0.4 is 10.5 Å². The van der Waals surface area contributed by atoms with Crippen LogP contribution in [0.5, 0.6) is 5.75 Å². The zero-order chi connectivity index (χ0) is 12.6. The van der Waals surface area contributed by atoms with E-state index in [0.717, 1.165) is 29.5 Å². The predicted molar refractivity (Wildman–Crippen MR) is 72.6 cm³/mol. The SMILES string of the molecule is CCOc1ccc(C2(N)CCC2)c2cccnc12. The van der Waals surface area contributed by atoms with Crippen LogP contribution in [0.2, 0.25) is 0 Å². The molecular formula is C15H18N2O. The van der Waals surface area contributed by atoms with E-state index in [1.165, 1.54) is 12.0 Å². The summed E-state index contributed by atoms with van der Waals surface area (Å²) in [6.45, 7) is 2.64. The highest BCUT2D eigenvalue weighted by Crippen LogP contribution is 2.42. The molecule has 0 spiro atoms. The van der Waals surface area contributed by atoms with Crippen molar-refractivity contribution >= 4 is 10.9 Å². The average molecular weight is 242 g/mol. The Labute approximate surface area is 107 Å². The summed E-state index contributed by atoms with van der Waals surface area (Å²) in [7, 11) is 0. The number of rotatable bonds is 3. The van der Waals surface area contributed by atoms with Gasteiger partial charge in [0.15, 0.2) is 0 Å². The molecule has 3 rings (SSSR count). The van der Waals surface area contributed by atoms with E-state index in [2.05, 4.69) is 17.1 Å². The van der Waals surface area contributed by atoms with Gasteiger partial charge in [0.2, 0.25) is 0 Å². The van der Waals surface area contributed by atoms with E-state index in [4.69, 9.17) is 10.5 Å². The Kier molecular flexibility index (Phi) is 2.71. The largest absolute Gasteiger partial charge is 0.492 e. The maximum Gasteiger partial charge on any atom is 0.145 e. The predicted octanol–water partition coefficient (Wildman–Crippen LogP) is 2.97. The molecule has 0 bridgehead atoms. The molecule has 1 aromatic heterocycles. The number of pyridine rings is 1. The molecule has 1 aliphatic carbocycles. The van der Waals surface area contributed by atoms with Crippen molar-refractivity contribution < 1.29 is 4.74 Å². The number of ether oxygens (including phenoxy) is 1. The Morgan fingerprint density at radius 1 is 1.33 bits per heavy atom. The number of aromatic nitrogens is 1. The van der Waals surface area contributed by atoms with Crippen molar-refractivity contribution in [3.63, 3.8) is 0 Å². The van der Waals surface area contributed by atoms with Crippen LogP contribution in [0.15, 0.2) is 30.5 Å². The number of hydrogen-bond acceptors (Lipinski definition) is 3. The Bertz CT molecular complexity index is 576. The van der Waals surface area contributed by atoms with E-state index in [1.807, 2.05) is 19.1 Å². The molecular weight excluding hydrogens is 224 g/mol. The molecule has 0 radical (unpaired) electrons. The molecule has 0 atom stereocenters. The van der Waals surface area contributed by atoms with Gasteiger partial charge in [-0.1, -0.05) is 12.1 Å². The second-order valence-electron chi connectivity index (χ2n) is 4.95. The summed E-state index contributed by atoms with van der Waals surface area (Å²) in [6, 6.07) is 8.16. The first-order valence-corrected chi connectivity index (χ1v) is 6.54. The van der Waals surface area contributed by atoms with E-state index in [-0.39, 0.29) is 5.54 Å². The second kappa shape index (κ2) is 4.25. The first-order valence-electron chi connectivity index (χ1n) is 6.54. The van der Waals surface area contributed by atoms with Gasteiger partial charge in [-0.05, 0) is 43.9 Å². The Balaban J connectivity index is 2.20. The van der Waals surface area contributed by atoms with Gasteiger partial charge in [0.1, 0.15) is 11.3 Å². The third-order valence-electron chi connectivity index (χ3n) is 3.81. The number of fused-ring (bicyclic) bond motifs is 1. The van der Waals surface area contributed by atoms with Gasteiger partial charge in [-0.15, -0.1) is 0 Å². The van der Waals surface area contributed by atoms with Crippen LogP contribution in [0.3, 0.4) is 0 Å². The van der Waals surface area contributed by atoms with E-state index in [9.17, 15) is 0 Å². The summed E-state index contributed by atoms with van der Waals surface area (Å²) in [5, 5.41) is 1.13. The summed E-state index contributed by atoms with van der Waals surface area (Å²) in [6.07, 6.45) is 5.14. The third-order valence-corrected chi connectivity index (χ3v) is 3.81. The highest BCUT2D eigenvalue weighted by molar-refractivity contribution is 5.88. The lowest BCUT2D eigenvalue weighted by Crippen LogP contribution is -2.43. The van der Waals surface area contributed by atoms with Crippen molar-refractivity contribution in [3.05, 3.63) is 36.0 Å². The van der Waals surface area contributed by atoms with Crippen molar-refractivity contribution in [2.24, 2.45) is 5.73 Å². The lowest BCUT2D eigenvalue weighted by molar-refractivity contribution is 0.255. The van der Waals surface area contributed by atoms with Crippen LogP contribution in [0, 0.1) is 0 Å². The minimum absolute atomic E-state index is 0.161. The monoisotopic (exact) mass is 242 g/mol. The van der Waals surface area contributed by atoms with Gasteiger partial charge < -0.3 is 10.5 Å². The normalized spacial score (nSPS) is 17.4. The van der Waals surface area contributed by atoms with Gasteiger partial charge in [-0.25, -0.2) is 0 Å². The fourth-order valence-electron chi connectivity index (χ4n) is 2.68. The summed E-state index contributed by atoms with van der Waals surface area (Å²) in [5.41, 5.74) is 8.42. The number of hydrogen-bond donors (Lipinski definition) is 1. The zero-order valence-electron chi connectivity index (χ0n) is 10.6. The van der Waals surface area contributed by atoms with Gasteiger partial charge in [-0.3, -0.25) is 4.98 Å². The number of nitrogens with two attached hydrogens (primary N) is 1. The van der Waals surface area contributed by atoms with Gasteiger partial charge in [-0.2, -0.15) is 0 Å². The third kappa shape index (κ3) is 1.66. The zero-order valence-corrected chi connectivity index (χ0v) is 10.6. The molecule has 3 nitrogen and oxygen atoms in total. The summed E-state index contributed by atoms with van der Waals surface area (Å²) < 4.78 is 5.64. The number of nitrogens with zero attached hydrogens (tertiary/aromatic N) is 1. The maximum absolute atomic E-state index is 6.45. The summed E-state index contributed by atoms with van der Waals surface area (Å²) >= 11 is 0. The molecule has 2 N–H and O–H groups in total.